The number of benzene rings is 1. The summed E-state index contributed by atoms with van der Waals surface area (Å²) in [5, 5.41) is 0. The first-order valence-corrected chi connectivity index (χ1v) is 8.08. The molecule has 22 heavy (non-hydrogen) atoms. The average Bonchev–Trinajstić information content (AvgIpc) is 3.28. The normalized spacial score (nSPS) is 28.3. The lowest BCUT2D eigenvalue weighted by Crippen LogP contribution is -2.46. The molecule has 0 bridgehead atoms. The van der Waals surface area contributed by atoms with E-state index in [1.165, 1.54) is 5.56 Å². The lowest BCUT2D eigenvalue weighted by Gasteiger charge is -2.36. The van der Waals surface area contributed by atoms with Crippen molar-refractivity contribution < 1.29 is 14.3 Å². The van der Waals surface area contributed by atoms with Crippen molar-refractivity contribution in [2.45, 2.75) is 44.8 Å². The molecular formula is C18H25NO3. The molecule has 120 valence electrons. The fourth-order valence-corrected chi connectivity index (χ4v) is 3.29. The number of piperidine rings is 1. The van der Waals surface area contributed by atoms with E-state index in [2.05, 4.69) is 12.1 Å². The molecule has 0 spiro atoms. The highest BCUT2D eigenvalue weighted by molar-refractivity contribution is 5.68. The van der Waals surface area contributed by atoms with Gasteiger partial charge in [0.2, 0.25) is 0 Å². The standard InChI is InChI=1S/C18H25NO3/c1-17(2,3)22-16(20)19-11-7-10-15(12-19)18(13-21-18)14-8-5-4-6-9-14/h4-6,8-9,15H,7,10-13H2,1-3H3/t15-,18-/m1/s1. The Morgan fingerprint density at radius 1 is 1.32 bits per heavy atom. The van der Waals surface area contributed by atoms with Crippen molar-refractivity contribution in [1.29, 1.82) is 0 Å². The Morgan fingerprint density at radius 2 is 2.00 bits per heavy atom. The van der Waals surface area contributed by atoms with Crippen LogP contribution >= 0.6 is 0 Å². The van der Waals surface area contributed by atoms with Gasteiger partial charge in [-0.15, -0.1) is 0 Å². The van der Waals surface area contributed by atoms with E-state index in [1.807, 2.05) is 43.9 Å². The third-order valence-electron chi connectivity index (χ3n) is 4.45. The predicted octanol–water partition coefficient (Wildman–Crippen LogP) is 3.56. The van der Waals surface area contributed by atoms with Crippen LogP contribution in [-0.2, 0) is 15.1 Å². The van der Waals surface area contributed by atoms with Crippen LogP contribution in [0.5, 0.6) is 0 Å². The highest BCUT2D eigenvalue weighted by Gasteiger charge is 2.54. The summed E-state index contributed by atoms with van der Waals surface area (Å²) >= 11 is 0. The second-order valence-electron chi connectivity index (χ2n) is 7.31. The molecule has 0 radical (unpaired) electrons. The molecule has 2 aliphatic rings. The molecule has 2 atom stereocenters. The van der Waals surface area contributed by atoms with Gasteiger partial charge in [0.25, 0.3) is 0 Å². The van der Waals surface area contributed by atoms with Crippen molar-refractivity contribution in [2.24, 2.45) is 5.92 Å². The zero-order valence-electron chi connectivity index (χ0n) is 13.7. The minimum atomic E-state index is -0.447. The number of nitrogens with zero attached hydrogens (tertiary/aromatic N) is 1. The molecule has 2 saturated heterocycles. The van der Waals surface area contributed by atoms with Crippen molar-refractivity contribution >= 4 is 6.09 Å². The van der Waals surface area contributed by atoms with Gasteiger partial charge in [0.15, 0.2) is 0 Å². The molecule has 1 aromatic rings. The Morgan fingerprint density at radius 3 is 2.59 bits per heavy atom. The Kier molecular flexibility index (Phi) is 3.89. The number of rotatable bonds is 2. The Hall–Kier alpha value is -1.55. The molecule has 4 nitrogen and oxygen atoms in total. The molecule has 0 saturated carbocycles. The summed E-state index contributed by atoms with van der Waals surface area (Å²) in [6.07, 6.45) is 1.89. The molecule has 2 fully saturated rings. The fraction of sp³-hybridized carbons (Fsp3) is 0.611. The van der Waals surface area contributed by atoms with Crippen LogP contribution in [0.1, 0.15) is 39.2 Å². The molecule has 1 amide bonds. The number of hydrogen-bond acceptors (Lipinski definition) is 3. The zero-order chi connectivity index (χ0) is 15.8. The van der Waals surface area contributed by atoms with Gasteiger partial charge in [0.05, 0.1) is 6.61 Å². The number of amides is 1. The van der Waals surface area contributed by atoms with E-state index in [0.717, 1.165) is 26.0 Å². The van der Waals surface area contributed by atoms with E-state index in [9.17, 15) is 4.79 Å². The van der Waals surface area contributed by atoms with Gasteiger partial charge < -0.3 is 14.4 Å². The first-order chi connectivity index (χ1) is 10.4. The summed E-state index contributed by atoms with van der Waals surface area (Å²) < 4.78 is 11.4. The van der Waals surface area contributed by atoms with Crippen LogP contribution in [0.25, 0.3) is 0 Å². The first kappa shape index (κ1) is 15.3. The average molecular weight is 303 g/mol. The lowest BCUT2D eigenvalue weighted by atomic mass is 9.81. The van der Waals surface area contributed by atoms with Gasteiger partial charge in [-0.2, -0.15) is 0 Å². The second-order valence-corrected chi connectivity index (χ2v) is 7.31. The van der Waals surface area contributed by atoms with E-state index in [-0.39, 0.29) is 11.7 Å². The maximum Gasteiger partial charge on any atom is 0.410 e. The summed E-state index contributed by atoms with van der Waals surface area (Å²) in [5.74, 6) is 0.344. The molecule has 3 rings (SSSR count). The van der Waals surface area contributed by atoms with E-state index >= 15 is 0 Å². The van der Waals surface area contributed by atoms with Crippen molar-refractivity contribution in [3.63, 3.8) is 0 Å². The Balaban J connectivity index is 1.70. The van der Waals surface area contributed by atoms with Gasteiger partial charge in [-0.05, 0) is 39.2 Å². The minimum absolute atomic E-state index is 0.193. The van der Waals surface area contributed by atoms with E-state index in [1.54, 1.807) is 0 Å². The number of epoxide rings is 1. The van der Waals surface area contributed by atoms with Gasteiger partial charge in [-0.3, -0.25) is 0 Å². The van der Waals surface area contributed by atoms with Crippen molar-refractivity contribution in [3.8, 4) is 0 Å². The highest BCUT2D eigenvalue weighted by atomic mass is 16.6. The van der Waals surface area contributed by atoms with E-state index in [0.29, 0.717) is 12.5 Å². The maximum absolute atomic E-state index is 12.3. The van der Waals surface area contributed by atoms with Gasteiger partial charge >= 0.3 is 6.09 Å². The topological polar surface area (TPSA) is 42.1 Å². The summed E-state index contributed by atoms with van der Waals surface area (Å²) in [5.41, 5.74) is 0.588. The summed E-state index contributed by atoms with van der Waals surface area (Å²) in [6.45, 7) is 7.95. The van der Waals surface area contributed by atoms with Crippen LogP contribution < -0.4 is 0 Å². The van der Waals surface area contributed by atoms with Crippen LogP contribution in [0, 0.1) is 5.92 Å². The Labute approximate surface area is 132 Å². The molecule has 2 heterocycles. The number of ether oxygens (including phenoxy) is 2. The number of carbonyl (C=O) groups is 1. The van der Waals surface area contributed by atoms with Crippen LogP contribution in [-0.4, -0.2) is 36.3 Å². The highest BCUT2D eigenvalue weighted by Crippen LogP contribution is 2.48. The third-order valence-corrected chi connectivity index (χ3v) is 4.45. The quantitative estimate of drug-likeness (QED) is 0.785. The predicted molar refractivity (Wildman–Crippen MR) is 84.6 cm³/mol. The zero-order valence-corrected chi connectivity index (χ0v) is 13.7. The van der Waals surface area contributed by atoms with Gasteiger partial charge in [-0.1, -0.05) is 30.3 Å². The van der Waals surface area contributed by atoms with E-state index < -0.39 is 5.60 Å². The van der Waals surface area contributed by atoms with E-state index in [4.69, 9.17) is 9.47 Å². The molecule has 0 unspecified atom stereocenters. The minimum Gasteiger partial charge on any atom is -0.444 e. The van der Waals surface area contributed by atoms with Crippen molar-refractivity contribution in [1.82, 2.24) is 4.90 Å². The van der Waals surface area contributed by atoms with Crippen LogP contribution in [0.4, 0.5) is 4.79 Å². The van der Waals surface area contributed by atoms with Crippen LogP contribution in [0.15, 0.2) is 30.3 Å². The molecule has 0 aromatic heterocycles. The second kappa shape index (κ2) is 5.58. The van der Waals surface area contributed by atoms with Crippen molar-refractivity contribution in [2.75, 3.05) is 19.7 Å². The molecule has 4 heteroatoms. The number of likely N-dealkylation sites (tertiary alicyclic amines) is 1. The van der Waals surface area contributed by atoms with Gasteiger partial charge in [0.1, 0.15) is 11.2 Å². The molecule has 0 N–H and O–H groups in total. The van der Waals surface area contributed by atoms with Crippen molar-refractivity contribution in [3.05, 3.63) is 35.9 Å². The van der Waals surface area contributed by atoms with Crippen LogP contribution in [0.2, 0.25) is 0 Å². The summed E-state index contributed by atoms with van der Waals surface area (Å²) in [6, 6.07) is 10.4. The smallest absolute Gasteiger partial charge is 0.410 e. The molecular weight excluding hydrogens is 278 g/mol. The first-order valence-electron chi connectivity index (χ1n) is 8.08. The number of hydrogen-bond donors (Lipinski definition) is 0. The van der Waals surface area contributed by atoms with Gasteiger partial charge in [0, 0.05) is 19.0 Å². The van der Waals surface area contributed by atoms with Gasteiger partial charge in [-0.25, -0.2) is 4.79 Å². The molecule has 1 aromatic carbocycles. The fourth-order valence-electron chi connectivity index (χ4n) is 3.29. The van der Waals surface area contributed by atoms with Crippen LogP contribution in [0.3, 0.4) is 0 Å². The largest absolute Gasteiger partial charge is 0.444 e. The monoisotopic (exact) mass is 303 g/mol. The SMILES string of the molecule is CC(C)(C)OC(=O)N1CCC[C@@H]([C@]2(c3ccccc3)CO2)C1. The Bertz CT molecular complexity index is 531. The number of carbonyl (C=O) groups excluding carboxylic acids is 1. The molecule has 2 aliphatic heterocycles. The maximum atomic E-state index is 12.3. The lowest BCUT2D eigenvalue weighted by molar-refractivity contribution is 0.0105. The summed E-state index contributed by atoms with van der Waals surface area (Å²) in [4.78, 5) is 14.1. The third kappa shape index (κ3) is 3.12. The molecule has 0 aliphatic carbocycles. The summed E-state index contributed by atoms with van der Waals surface area (Å²) in [7, 11) is 0.